The van der Waals surface area contributed by atoms with Crippen LogP contribution in [0, 0.1) is 12.8 Å². The van der Waals surface area contributed by atoms with Gasteiger partial charge < -0.3 is 15.3 Å². The predicted octanol–water partition coefficient (Wildman–Crippen LogP) is 0.549. The Kier molecular flexibility index (Phi) is 4.02. The summed E-state index contributed by atoms with van der Waals surface area (Å²) in [6, 6.07) is 7.48. The van der Waals surface area contributed by atoms with E-state index in [4.69, 9.17) is 5.11 Å². The maximum atomic E-state index is 12.2. The summed E-state index contributed by atoms with van der Waals surface area (Å²) in [5.74, 6) is -2.72. The number of rotatable bonds is 4. The number of hydrogen-bond acceptors (Lipinski definition) is 3. The highest BCUT2D eigenvalue weighted by atomic mass is 16.4. The molecule has 1 atom stereocenters. The van der Waals surface area contributed by atoms with Crippen LogP contribution in [0.15, 0.2) is 24.3 Å². The molecule has 0 radical (unpaired) electrons. The average molecular weight is 276 g/mol. The number of hydrogen-bond donors (Lipinski definition) is 2. The van der Waals surface area contributed by atoms with Gasteiger partial charge in [0.15, 0.2) is 0 Å². The minimum absolute atomic E-state index is 0.281. The van der Waals surface area contributed by atoms with Crippen LogP contribution in [0.2, 0.25) is 0 Å². The molecule has 0 aromatic heterocycles. The molecule has 1 aliphatic rings. The van der Waals surface area contributed by atoms with Crippen molar-refractivity contribution < 1.29 is 19.5 Å². The average Bonchev–Trinajstić information content (AvgIpc) is 2.79. The van der Waals surface area contributed by atoms with Crippen LogP contribution < -0.4 is 10.2 Å². The Balaban J connectivity index is 2.03. The van der Waals surface area contributed by atoms with Crippen LogP contribution in [0.1, 0.15) is 12.0 Å². The molecule has 6 nitrogen and oxygen atoms in total. The second kappa shape index (κ2) is 5.73. The van der Waals surface area contributed by atoms with E-state index in [1.807, 2.05) is 31.2 Å². The van der Waals surface area contributed by atoms with E-state index in [0.717, 1.165) is 11.3 Å². The minimum atomic E-state index is -1.13. The van der Waals surface area contributed by atoms with E-state index in [0.29, 0.717) is 13.0 Å². The number of carboxylic acid groups (broad SMARTS) is 1. The van der Waals surface area contributed by atoms with E-state index < -0.39 is 24.3 Å². The SMILES string of the molecule is Cc1ccc(N2CC[C@@H](C(=O)NCC(=O)O)C2=O)cc1. The van der Waals surface area contributed by atoms with E-state index in [-0.39, 0.29) is 5.91 Å². The van der Waals surface area contributed by atoms with Gasteiger partial charge in [-0.3, -0.25) is 14.4 Å². The van der Waals surface area contributed by atoms with Gasteiger partial charge in [0.2, 0.25) is 11.8 Å². The number of benzene rings is 1. The highest BCUT2D eigenvalue weighted by Gasteiger charge is 2.37. The summed E-state index contributed by atoms with van der Waals surface area (Å²) in [6.45, 7) is 1.96. The van der Waals surface area contributed by atoms with Crippen molar-refractivity contribution in [2.24, 2.45) is 5.92 Å². The summed E-state index contributed by atoms with van der Waals surface area (Å²) >= 11 is 0. The van der Waals surface area contributed by atoms with Crippen LogP contribution in [-0.2, 0) is 14.4 Å². The van der Waals surface area contributed by atoms with Crippen molar-refractivity contribution in [2.45, 2.75) is 13.3 Å². The summed E-state index contributed by atoms with van der Waals surface area (Å²) in [5, 5.41) is 10.8. The zero-order chi connectivity index (χ0) is 14.7. The van der Waals surface area contributed by atoms with Crippen molar-refractivity contribution in [2.75, 3.05) is 18.0 Å². The lowest BCUT2D eigenvalue weighted by atomic mass is 10.1. The lowest BCUT2D eigenvalue weighted by Crippen LogP contribution is -2.38. The number of amides is 2. The van der Waals surface area contributed by atoms with Gasteiger partial charge in [0, 0.05) is 12.2 Å². The Bertz CT molecular complexity index is 539. The van der Waals surface area contributed by atoms with Gasteiger partial charge in [-0.15, -0.1) is 0 Å². The fourth-order valence-corrected chi connectivity index (χ4v) is 2.19. The van der Waals surface area contributed by atoms with Crippen LogP contribution >= 0.6 is 0 Å². The molecule has 0 saturated carbocycles. The first kappa shape index (κ1) is 14.0. The number of aliphatic carboxylic acids is 1. The predicted molar refractivity (Wildman–Crippen MR) is 72.3 cm³/mol. The number of anilines is 1. The summed E-state index contributed by atoms with van der Waals surface area (Å²) in [6.07, 6.45) is 0.401. The molecule has 0 unspecified atom stereocenters. The second-order valence-corrected chi connectivity index (χ2v) is 4.78. The maximum absolute atomic E-state index is 12.2. The molecule has 6 heteroatoms. The molecular formula is C14H16N2O4. The third-order valence-corrected chi connectivity index (χ3v) is 3.28. The molecule has 1 saturated heterocycles. The second-order valence-electron chi connectivity index (χ2n) is 4.78. The summed E-state index contributed by atoms with van der Waals surface area (Å²) < 4.78 is 0. The molecule has 0 bridgehead atoms. The van der Waals surface area contributed by atoms with Crippen molar-refractivity contribution in [1.29, 1.82) is 0 Å². The molecule has 0 aliphatic carbocycles. The van der Waals surface area contributed by atoms with Crippen molar-refractivity contribution in [1.82, 2.24) is 5.32 Å². The number of aryl methyl sites for hydroxylation is 1. The van der Waals surface area contributed by atoms with Gasteiger partial charge in [-0.1, -0.05) is 17.7 Å². The summed E-state index contributed by atoms with van der Waals surface area (Å²) in [4.78, 5) is 35.9. The van der Waals surface area contributed by atoms with Crippen molar-refractivity contribution >= 4 is 23.5 Å². The largest absolute Gasteiger partial charge is 0.480 e. The molecule has 106 valence electrons. The fourth-order valence-electron chi connectivity index (χ4n) is 2.19. The van der Waals surface area contributed by atoms with Crippen molar-refractivity contribution in [3.05, 3.63) is 29.8 Å². The third kappa shape index (κ3) is 2.96. The van der Waals surface area contributed by atoms with Crippen molar-refractivity contribution in [3.8, 4) is 0 Å². The van der Waals surface area contributed by atoms with Crippen LogP contribution in [0.4, 0.5) is 5.69 Å². The number of carbonyl (C=O) groups is 3. The highest BCUT2D eigenvalue weighted by molar-refractivity contribution is 6.09. The number of nitrogens with zero attached hydrogens (tertiary/aromatic N) is 1. The third-order valence-electron chi connectivity index (χ3n) is 3.28. The van der Waals surface area contributed by atoms with Crippen LogP contribution in [0.5, 0.6) is 0 Å². The normalized spacial score (nSPS) is 18.1. The summed E-state index contributed by atoms with van der Waals surface area (Å²) in [5.41, 5.74) is 1.85. The fraction of sp³-hybridized carbons (Fsp3) is 0.357. The van der Waals surface area contributed by atoms with Gasteiger partial charge in [-0.2, -0.15) is 0 Å². The first-order valence-corrected chi connectivity index (χ1v) is 6.36. The first-order valence-electron chi connectivity index (χ1n) is 6.36. The molecule has 1 fully saturated rings. The molecule has 2 amide bonds. The van der Waals surface area contributed by atoms with Gasteiger partial charge in [-0.05, 0) is 25.5 Å². The Morgan fingerprint density at radius 1 is 1.35 bits per heavy atom. The van der Waals surface area contributed by atoms with Gasteiger partial charge in [0.25, 0.3) is 0 Å². The zero-order valence-electron chi connectivity index (χ0n) is 11.1. The molecule has 1 heterocycles. The van der Waals surface area contributed by atoms with Gasteiger partial charge >= 0.3 is 5.97 Å². The number of carboxylic acids is 1. The zero-order valence-corrected chi connectivity index (χ0v) is 11.1. The Labute approximate surface area is 116 Å². The van der Waals surface area contributed by atoms with E-state index in [1.165, 1.54) is 0 Å². The minimum Gasteiger partial charge on any atom is -0.480 e. The molecular weight excluding hydrogens is 260 g/mol. The van der Waals surface area contributed by atoms with Gasteiger partial charge in [0.05, 0.1) is 0 Å². The van der Waals surface area contributed by atoms with E-state index in [9.17, 15) is 14.4 Å². The van der Waals surface area contributed by atoms with Crippen LogP contribution in [0.3, 0.4) is 0 Å². The van der Waals surface area contributed by atoms with E-state index >= 15 is 0 Å². The van der Waals surface area contributed by atoms with E-state index in [2.05, 4.69) is 5.32 Å². The lowest BCUT2D eigenvalue weighted by Gasteiger charge is -2.16. The molecule has 2 N–H and O–H groups in total. The molecule has 1 aliphatic heterocycles. The Morgan fingerprint density at radius 3 is 2.60 bits per heavy atom. The molecule has 20 heavy (non-hydrogen) atoms. The lowest BCUT2D eigenvalue weighted by molar-refractivity contribution is -0.140. The molecule has 1 aromatic rings. The molecule has 0 spiro atoms. The Hall–Kier alpha value is -2.37. The standard InChI is InChI=1S/C14H16N2O4/c1-9-2-4-10(5-3-9)16-7-6-11(14(16)20)13(19)15-8-12(17)18/h2-5,11H,6-8H2,1H3,(H,15,19)(H,17,18)/t11-/m0/s1. The van der Waals surface area contributed by atoms with Gasteiger partial charge in [0.1, 0.15) is 12.5 Å². The van der Waals surface area contributed by atoms with Crippen LogP contribution in [-0.4, -0.2) is 36.0 Å². The monoisotopic (exact) mass is 276 g/mol. The number of carbonyl (C=O) groups excluding carboxylic acids is 2. The first-order chi connectivity index (χ1) is 9.49. The highest BCUT2D eigenvalue weighted by Crippen LogP contribution is 2.25. The Morgan fingerprint density at radius 2 is 2.00 bits per heavy atom. The summed E-state index contributed by atoms with van der Waals surface area (Å²) in [7, 11) is 0. The molecule has 2 rings (SSSR count). The smallest absolute Gasteiger partial charge is 0.322 e. The molecule has 1 aromatic carbocycles. The maximum Gasteiger partial charge on any atom is 0.322 e. The topological polar surface area (TPSA) is 86.7 Å². The van der Waals surface area contributed by atoms with Crippen LogP contribution in [0.25, 0.3) is 0 Å². The van der Waals surface area contributed by atoms with Crippen molar-refractivity contribution in [3.63, 3.8) is 0 Å². The number of nitrogens with one attached hydrogen (secondary N) is 1. The van der Waals surface area contributed by atoms with Gasteiger partial charge in [-0.25, -0.2) is 0 Å². The van der Waals surface area contributed by atoms with E-state index in [1.54, 1.807) is 4.90 Å². The quantitative estimate of drug-likeness (QED) is 0.786.